The highest BCUT2D eigenvalue weighted by Gasteiger charge is 2.11. The first-order chi connectivity index (χ1) is 6.40. The number of hydrogen-bond donors (Lipinski definition) is 1. The molecule has 0 aromatic heterocycles. The zero-order chi connectivity index (χ0) is 9.10. The highest BCUT2D eigenvalue weighted by atomic mass is 32.1. The minimum atomic E-state index is 0.834. The second kappa shape index (κ2) is 4.05. The molecule has 0 unspecified atom stereocenters. The van der Waals surface area contributed by atoms with Gasteiger partial charge in [0.25, 0.3) is 0 Å². The average Bonchev–Trinajstić information content (AvgIpc) is 2.71. The fraction of sp³-hybridized carbons (Fsp3) is 0.455. The van der Waals surface area contributed by atoms with Crippen molar-refractivity contribution < 1.29 is 0 Å². The van der Waals surface area contributed by atoms with Crippen LogP contribution in [0.5, 0.6) is 0 Å². The maximum atomic E-state index is 4.24. The lowest BCUT2D eigenvalue weighted by Crippen LogP contribution is -2.17. The fourth-order valence-electron chi connectivity index (χ4n) is 1.79. The molecule has 1 aliphatic heterocycles. The zero-order valence-corrected chi connectivity index (χ0v) is 8.63. The highest BCUT2D eigenvalue weighted by molar-refractivity contribution is 7.79. The maximum Gasteiger partial charge on any atom is 0.0366 e. The van der Waals surface area contributed by atoms with Crippen molar-refractivity contribution in [3.8, 4) is 0 Å². The Balaban J connectivity index is 2.12. The molecule has 1 fully saturated rings. The second-order valence-electron chi connectivity index (χ2n) is 3.52. The van der Waals surface area contributed by atoms with E-state index in [0.717, 1.165) is 5.75 Å². The molecular weight excluding hydrogens is 178 g/mol. The second-order valence-corrected chi connectivity index (χ2v) is 3.83. The van der Waals surface area contributed by atoms with Gasteiger partial charge in [0.1, 0.15) is 0 Å². The molecule has 1 nitrogen and oxygen atoms in total. The van der Waals surface area contributed by atoms with Crippen molar-refractivity contribution in [2.45, 2.75) is 18.6 Å². The molecule has 2 heteroatoms. The van der Waals surface area contributed by atoms with Crippen molar-refractivity contribution in [1.29, 1.82) is 0 Å². The van der Waals surface area contributed by atoms with Gasteiger partial charge in [-0.2, -0.15) is 12.6 Å². The Labute approximate surface area is 85.2 Å². The summed E-state index contributed by atoms with van der Waals surface area (Å²) in [6.07, 6.45) is 2.68. The first-order valence-corrected chi connectivity index (χ1v) is 5.48. The molecule has 0 N–H and O–H groups in total. The molecule has 0 atom stereocenters. The van der Waals surface area contributed by atoms with Gasteiger partial charge in [0.15, 0.2) is 0 Å². The maximum absolute atomic E-state index is 4.24. The molecule has 1 heterocycles. The number of anilines is 1. The Hall–Kier alpha value is -0.630. The molecule has 1 aromatic carbocycles. The summed E-state index contributed by atoms with van der Waals surface area (Å²) < 4.78 is 0. The summed E-state index contributed by atoms with van der Waals surface area (Å²) in [5.41, 5.74) is 2.66. The number of benzene rings is 1. The van der Waals surface area contributed by atoms with Gasteiger partial charge in [-0.25, -0.2) is 0 Å². The van der Waals surface area contributed by atoms with Crippen molar-refractivity contribution in [2.24, 2.45) is 0 Å². The van der Waals surface area contributed by atoms with E-state index in [1.54, 1.807) is 0 Å². The van der Waals surface area contributed by atoms with E-state index in [2.05, 4.69) is 41.8 Å². The lowest BCUT2D eigenvalue weighted by atomic mass is 10.2. The molecular formula is C11H15NS. The SMILES string of the molecule is SCc1ccc(N2CCCC2)cc1. The molecule has 13 heavy (non-hydrogen) atoms. The number of hydrogen-bond acceptors (Lipinski definition) is 2. The van der Waals surface area contributed by atoms with Crippen LogP contribution in [-0.2, 0) is 5.75 Å². The summed E-state index contributed by atoms with van der Waals surface area (Å²) in [4.78, 5) is 2.45. The van der Waals surface area contributed by atoms with Crippen molar-refractivity contribution in [3.63, 3.8) is 0 Å². The average molecular weight is 193 g/mol. The molecule has 1 aliphatic rings. The van der Waals surface area contributed by atoms with Gasteiger partial charge in [0, 0.05) is 24.5 Å². The molecule has 70 valence electrons. The topological polar surface area (TPSA) is 3.24 Å². The van der Waals surface area contributed by atoms with Crippen LogP contribution in [0.1, 0.15) is 18.4 Å². The quantitative estimate of drug-likeness (QED) is 0.707. The lowest BCUT2D eigenvalue weighted by molar-refractivity contribution is 0.949. The molecule has 1 saturated heterocycles. The van der Waals surface area contributed by atoms with Crippen LogP contribution in [0.2, 0.25) is 0 Å². The van der Waals surface area contributed by atoms with E-state index in [0.29, 0.717) is 0 Å². The normalized spacial score (nSPS) is 16.5. The summed E-state index contributed by atoms with van der Waals surface area (Å²) in [5.74, 6) is 0.834. The third-order valence-corrected chi connectivity index (χ3v) is 2.96. The minimum Gasteiger partial charge on any atom is -0.372 e. The summed E-state index contributed by atoms with van der Waals surface area (Å²) >= 11 is 4.24. The smallest absolute Gasteiger partial charge is 0.0366 e. The van der Waals surface area contributed by atoms with Gasteiger partial charge in [0.2, 0.25) is 0 Å². The number of rotatable bonds is 2. The Morgan fingerprint density at radius 2 is 1.69 bits per heavy atom. The van der Waals surface area contributed by atoms with E-state index >= 15 is 0 Å². The minimum absolute atomic E-state index is 0.834. The molecule has 0 aliphatic carbocycles. The molecule has 0 saturated carbocycles. The van der Waals surface area contributed by atoms with Crippen LogP contribution < -0.4 is 4.90 Å². The largest absolute Gasteiger partial charge is 0.372 e. The Kier molecular flexibility index (Phi) is 2.79. The summed E-state index contributed by atoms with van der Waals surface area (Å²) in [7, 11) is 0. The predicted octanol–water partition coefficient (Wildman–Crippen LogP) is 2.72. The van der Waals surface area contributed by atoms with Crippen molar-refractivity contribution in [1.82, 2.24) is 0 Å². The van der Waals surface area contributed by atoms with E-state index in [1.807, 2.05) is 0 Å². The van der Waals surface area contributed by atoms with Crippen LogP contribution in [-0.4, -0.2) is 13.1 Å². The highest BCUT2D eigenvalue weighted by Crippen LogP contribution is 2.20. The van der Waals surface area contributed by atoms with Crippen molar-refractivity contribution >= 4 is 18.3 Å². The van der Waals surface area contributed by atoms with E-state index in [9.17, 15) is 0 Å². The van der Waals surface area contributed by atoms with Crippen LogP contribution in [0.15, 0.2) is 24.3 Å². The Morgan fingerprint density at radius 1 is 1.08 bits per heavy atom. The molecule has 0 amide bonds. The summed E-state index contributed by atoms with van der Waals surface area (Å²) in [5, 5.41) is 0. The van der Waals surface area contributed by atoms with Crippen LogP contribution in [0.25, 0.3) is 0 Å². The first kappa shape index (κ1) is 8.95. The lowest BCUT2D eigenvalue weighted by Gasteiger charge is -2.17. The summed E-state index contributed by atoms with van der Waals surface area (Å²) in [6.45, 7) is 2.44. The first-order valence-electron chi connectivity index (χ1n) is 4.85. The summed E-state index contributed by atoms with van der Waals surface area (Å²) in [6, 6.07) is 8.75. The molecule has 1 aromatic rings. The fourth-order valence-corrected chi connectivity index (χ4v) is 2.00. The molecule has 2 rings (SSSR count). The van der Waals surface area contributed by atoms with Gasteiger partial charge in [0.05, 0.1) is 0 Å². The van der Waals surface area contributed by atoms with E-state index in [-0.39, 0.29) is 0 Å². The van der Waals surface area contributed by atoms with Gasteiger partial charge < -0.3 is 4.90 Å². The Bertz CT molecular complexity index is 262. The van der Waals surface area contributed by atoms with Gasteiger partial charge in [-0.1, -0.05) is 12.1 Å². The van der Waals surface area contributed by atoms with Crippen LogP contribution in [0, 0.1) is 0 Å². The standard InChI is InChI=1S/C11H15NS/c13-9-10-3-5-11(6-4-10)12-7-1-2-8-12/h3-6,13H,1-2,7-9H2. The van der Waals surface area contributed by atoms with Crippen LogP contribution in [0.3, 0.4) is 0 Å². The van der Waals surface area contributed by atoms with E-state index < -0.39 is 0 Å². The third-order valence-electron chi connectivity index (χ3n) is 2.59. The van der Waals surface area contributed by atoms with Crippen molar-refractivity contribution in [2.75, 3.05) is 18.0 Å². The van der Waals surface area contributed by atoms with E-state index in [1.165, 1.54) is 37.2 Å². The monoisotopic (exact) mass is 193 g/mol. The number of thiol groups is 1. The van der Waals surface area contributed by atoms with Gasteiger partial charge in [-0.05, 0) is 30.5 Å². The zero-order valence-electron chi connectivity index (χ0n) is 7.74. The third kappa shape index (κ3) is 1.99. The van der Waals surface area contributed by atoms with Crippen molar-refractivity contribution in [3.05, 3.63) is 29.8 Å². The van der Waals surface area contributed by atoms with Gasteiger partial charge in [-0.15, -0.1) is 0 Å². The van der Waals surface area contributed by atoms with Gasteiger partial charge in [-0.3, -0.25) is 0 Å². The molecule has 0 spiro atoms. The predicted molar refractivity (Wildman–Crippen MR) is 60.6 cm³/mol. The van der Waals surface area contributed by atoms with Crippen LogP contribution in [0.4, 0.5) is 5.69 Å². The number of nitrogens with zero attached hydrogens (tertiary/aromatic N) is 1. The Morgan fingerprint density at radius 3 is 2.23 bits per heavy atom. The molecule has 0 radical (unpaired) electrons. The van der Waals surface area contributed by atoms with E-state index in [4.69, 9.17) is 0 Å². The van der Waals surface area contributed by atoms with Gasteiger partial charge >= 0.3 is 0 Å². The van der Waals surface area contributed by atoms with Crippen LogP contribution >= 0.6 is 12.6 Å². The molecule has 0 bridgehead atoms.